The Balaban J connectivity index is 1.27. The van der Waals surface area contributed by atoms with Gasteiger partial charge in [-0.3, -0.25) is 9.78 Å². The van der Waals surface area contributed by atoms with Gasteiger partial charge in [0.05, 0.1) is 5.56 Å². The van der Waals surface area contributed by atoms with Gasteiger partial charge in [0.25, 0.3) is 5.91 Å². The number of rotatable bonds is 6. The molecule has 2 heterocycles. The molecule has 3 aromatic carbocycles. The number of ether oxygens (including phenoxy) is 1. The van der Waals surface area contributed by atoms with Crippen LogP contribution in [0.4, 0.5) is 29.3 Å². The molecule has 0 aliphatic rings. The fourth-order valence-corrected chi connectivity index (χ4v) is 3.79. The number of aromatic nitrogens is 2. The first kappa shape index (κ1) is 26.2. The Labute approximate surface area is 225 Å². The van der Waals surface area contributed by atoms with Crippen molar-refractivity contribution >= 4 is 34.4 Å². The van der Waals surface area contributed by atoms with E-state index in [1.165, 1.54) is 31.4 Å². The van der Waals surface area contributed by atoms with Crippen LogP contribution >= 0.6 is 0 Å². The van der Waals surface area contributed by atoms with Crippen molar-refractivity contribution in [2.75, 3.05) is 17.7 Å². The molecule has 0 bridgehead atoms. The van der Waals surface area contributed by atoms with Crippen LogP contribution in [0.2, 0.25) is 0 Å². The van der Waals surface area contributed by atoms with E-state index in [0.717, 1.165) is 6.07 Å². The zero-order valence-corrected chi connectivity index (χ0v) is 20.7. The van der Waals surface area contributed by atoms with Crippen LogP contribution in [0.25, 0.3) is 22.6 Å². The van der Waals surface area contributed by atoms with Gasteiger partial charge < -0.3 is 25.1 Å². The summed E-state index contributed by atoms with van der Waals surface area (Å²) in [6.07, 6.45) is -3.29. The minimum atomic E-state index is -4.73. The maximum atomic E-state index is 13.9. The van der Waals surface area contributed by atoms with Gasteiger partial charge in [-0.1, -0.05) is 12.1 Å². The second-order valence-electron chi connectivity index (χ2n) is 8.41. The van der Waals surface area contributed by atoms with Gasteiger partial charge in [-0.15, -0.1) is 0 Å². The molecule has 12 heteroatoms. The molecular formula is C28H20F3N5O4. The predicted molar refractivity (Wildman–Crippen MR) is 141 cm³/mol. The smallest absolute Gasteiger partial charge is 0.417 e. The van der Waals surface area contributed by atoms with Crippen LogP contribution in [-0.4, -0.2) is 29.0 Å². The highest BCUT2D eigenvalue weighted by Crippen LogP contribution is 2.39. The first-order chi connectivity index (χ1) is 19.2. The lowest BCUT2D eigenvalue weighted by Gasteiger charge is -2.14. The lowest BCUT2D eigenvalue weighted by Crippen LogP contribution is -2.20. The highest BCUT2D eigenvalue weighted by atomic mass is 19.4. The Bertz CT molecular complexity index is 1670. The molecule has 0 atom stereocenters. The zero-order valence-electron chi connectivity index (χ0n) is 20.7. The number of nitrogens with zero attached hydrogens (tertiary/aromatic N) is 2. The van der Waals surface area contributed by atoms with Gasteiger partial charge >= 0.3 is 12.2 Å². The summed E-state index contributed by atoms with van der Waals surface area (Å²) < 4.78 is 52.9. The van der Waals surface area contributed by atoms with Crippen molar-refractivity contribution < 1.29 is 31.9 Å². The summed E-state index contributed by atoms with van der Waals surface area (Å²) >= 11 is 0. The molecule has 2 aromatic heterocycles. The standard InChI is InChI=1S/C28H20F3N5O4/c1-32-25(37)23-15-19(12-13-33-23)39-18-9-6-16(7-10-18)34-27(38)35-17-8-11-20(21(14-17)28(29,30)31)26-36-22-4-2-3-5-24(22)40-26/h2-15H,1H3,(H,32,37)(H2,34,35,38). The number of halogens is 3. The van der Waals surface area contributed by atoms with E-state index in [-0.39, 0.29) is 28.7 Å². The summed E-state index contributed by atoms with van der Waals surface area (Å²) in [6.45, 7) is 0. The molecule has 3 amide bonds. The maximum absolute atomic E-state index is 13.9. The molecule has 202 valence electrons. The summed E-state index contributed by atoms with van der Waals surface area (Å²) in [7, 11) is 1.49. The second-order valence-corrected chi connectivity index (χ2v) is 8.41. The molecule has 0 unspecified atom stereocenters. The molecule has 0 saturated carbocycles. The summed E-state index contributed by atoms with van der Waals surface area (Å²) in [5.41, 5.74) is 0.0107. The van der Waals surface area contributed by atoms with Gasteiger partial charge in [0.1, 0.15) is 22.7 Å². The highest BCUT2D eigenvalue weighted by Gasteiger charge is 2.35. The fourth-order valence-electron chi connectivity index (χ4n) is 3.79. The number of benzene rings is 3. The van der Waals surface area contributed by atoms with Gasteiger partial charge in [-0.2, -0.15) is 13.2 Å². The van der Waals surface area contributed by atoms with Crippen molar-refractivity contribution in [3.63, 3.8) is 0 Å². The molecule has 0 aliphatic carbocycles. The average molecular weight is 547 g/mol. The summed E-state index contributed by atoms with van der Waals surface area (Å²) in [6, 6.07) is 18.6. The van der Waals surface area contributed by atoms with Crippen molar-refractivity contribution in [3.05, 3.63) is 96.3 Å². The number of para-hydroxylation sites is 2. The van der Waals surface area contributed by atoms with Crippen molar-refractivity contribution in [2.45, 2.75) is 6.18 Å². The number of urea groups is 1. The number of fused-ring (bicyclic) bond motifs is 1. The van der Waals surface area contributed by atoms with E-state index >= 15 is 0 Å². The van der Waals surface area contributed by atoms with E-state index in [1.54, 1.807) is 54.6 Å². The number of alkyl halides is 3. The fraction of sp³-hybridized carbons (Fsp3) is 0.0714. The molecule has 3 N–H and O–H groups in total. The van der Waals surface area contributed by atoms with Gasteiger partial charge in [0, 0.05) is 36.2 Å². The van der Waals surface area contributed by atoms with Crippen LogP contribution in [-0.2, 0) is 6.18 Å². The zero-order chi connectivity index (χ0) is 28.3. The number of pyridine rings is 1. The molecule has 0 fully saturated rings. The Morgan fingerprint density at radius 3 is 2.33 bits per heavy atom. The molecular weight excluding hydrogens is 527 g/mol. The number of hydrogen-bond donors (Lipinski definition) is 3. The number of hydrogen-bond acceptors (Lipinski definition) is 6. The molecule has 5 rings (SSSR count). The van der Waals surface area contributed by atoms with Crippen LogP contribution in [0.15, 0.2) is 89.5 Å². The van der Waals surface area contributed by atoms with Gasteiger partial charge in [0.2, 0.25) is 5.89 Å². The van der Waals surface area contributed by atoms with E-state index < -0.39 is 17.8 Å². The van der Waals surface area contributed by atoms with Crippen molar-refractivity contribution in [1.82, 2.24) is 15.3 Å². The van der Waals surface area contributed by atoms with E-state index in [1.807, 2.05) is 0 Å². The van der Waals surface area contributed by atoms with Crippen molar-refractivity contribution in [2.24, 2.45) is 0 Å². The first-order valence-electron chi connectivity index (χ1n) is 11.8. The Hall–Kier alpha value is -5.39. The van der Waals surface area contributed by atoms with Crippen LogP contribution in [0, 0.1) is 0 Å². The third kappa shape index (κ3) is 5.85. The number of nitrogens with one attached hydrogen (secondary N) is 3. The maximum Gasteiger partial charge on any atom is 0.417 e. The van der Waals surface area contributed by atoms with Crippen LogP contribution in [0.5, 0.6) is 11.5 Å². The third-order valence-corrected chi connectivity index (χ3v) is 5.65. The Morgan fingerprint density at radius 2 is 1.60 bits per heavy atom. The SMILES string of the molecule is CNC(=O)c1cc(Oc2ccc(NC(=O)Nc3ccc(-c4nc5ccccc5o4)c(C(F)(F)F)c3)cc2)ccn1. The molecule has 9 nitrogen and oxygen atoms in total. The molecule has 0 spiro atoms. The lowest BCUT2D eigenvalue weighted by molar-refractivity contribution is -0.137. The number of carbonyl (C=O) groups is 2. The minimum Gasteiger partial charge on any atom is -0.457 e. The Morgan fingerprint density at radius 1 is 0.875 bits per heavy atom. The van der Waals surface area contributed by atoms with Crippen LogP contribution < -0.4 is 20.7 Å². The highest BCUT2D eigenvalue weighted by molar-refractivity contribution is 6.00. The van der Waals surface area contributed by atoms with Gasteiger partial charge in [-0.05, 0) is 60.7 Å². The van der Waals surface area contributed by atoms with Gasteiger partial charge in [0.15, 0.2) is 5.58 Å². The summed E-state index contributed by atoms with van der Waals surface area (Å²) in [5, 5.41) is 7.44. The quantitative estimate of drug-likeness (QED) is 0.218. The molecule has 0 saturated heterocycles. The molecule has 0 aliphatic heterocycles. The van der Waals surface area contributed by atoms with Crippen molar-refractivity contribution in [1.29, 1.82) is 0 Å². The van der Waals surface area contributed by atoms with Gasteiger partial charge in [-0.25, -0.2) is 9.78 Å². The van der Waals surface area contributed by atoms with E-state index in [4.69, 9.17) is 9.15 Å². The van der Waals surface area contributed by atoms with Crippen LogP contribution in [0.3, 0.4) is 0 Å². The lowest BCUT2D eigenvalue weighted by atomic mass is 10.1. The first-order valence-corrected chi connectivity index (χ1v) is 11.8. The van der Waals surface area contributed by atoms with Crippen molar-refractivity contribution in [3.8, 4) is 23.0 Å². The number of carbonyl (C=O) groups excluding carboxylic acids is 2. The Kier molecular flexibility index (Phi) is 7.06. The third-order valence-electron chi connectivity index (χ3n) is 5.65. The second kappa shape index (κ2) is 10.8. The van der Waals surface area contributed by atoms with Crippen LogP contribution in [0.1, 0.15) is 16.1 Å². The number of anilines is 2. The average Bonchev–Trinajstić information content (AvgIpc) is 3.37. The predicted octanol–water partition coefficient (Wildman–Crippen LogP) is 6.70. The molecule has 40 heavy (non-hydrogen) atoms. The molecule has 5 aromatic rings. The topological polar surface area (TPSA) is 118 Å². The van der Waals surface area contributed by atoms with E-state index in [9.17, 15) is 22.8 Å². The minimum absolute atomic E-state index is 0.0748. The molecule has 0 radical (unpaired) electrons. The van der Waals surface area contributed by atoms with E-state index in [2.05, 4.69) is 25.9 Å². The number of amides is 3. The largest absolute Gasteiger partial charge is 0.457 e. The summed E-state index contributed by atoms with van der Waals surface area (Å²) in [4.78, 5) is 32.4. The summed E-state index contributed by atoms with van der Waals surface area (Å²) in [5.74, 6) is 0.265. The normalized spacial score (nSPS) is 11.2. The number of oxazole rings is 1. The monoisotopic (exact) mass is 547 g/mol. The van der Waals surface area contributed by atoms with E-state index in [0.29, 0.717) is 28.3 Å².